The van der Waals surface area contributed by atoms with Crippen molar-refractivity contribution in [2.24, 2.45) is 0 Å². The van der Waals surface area contributed by atoms with E-state index >= 15 is 0 Å². The standard InChI is InChI=1S/C21H20FN3O2S/c1-2-23-21-25-20-19(28-21)17(11-18(26)24-20)14-6-8-16(9-7-14)27-12-13-4-3-5-15(22)10-13/h3-10,17H,2,11-12H2,1H3,(H,23,25)(H,24,26)/t17-/m0/s1. The third kappa shape index (κ3) is 3.99. The summed E-state index contributed by atoms with van der Waals surface area (Å²) in [7, 11) is 0. The Morgan fingerprint density at radius 2 is 2.11 bits per heavy atom. The van der Waals surface area contributed by atoms with Crippen molar-refractivity contribution in [3.8, 4) is 5.75 Å². The summed E-state index contributed by atoms with van der Waals surface area (Å²) in [6.45, 7) is 3.09. The molecule has 0 radical (unpaired) electrons. The quantitative estimate of drug-likeness (QED) is 0.629. The first kappa shape index (κ1) is 18.4. The summed E-state index contributed by atoms with van der Waals surface area (Å²) in [6, 6.07) is 14.1. The number of rotatable bonds is 6. The summed E-state index contributed by atoms with van der Waals surface area (Å²) in [5, 5.41) is 6.88. The van der Waals surface area contributed by atoms with Crippen molar-refractivity contribution in [1.29, 1.82) is 0 Å². The molecule has 144 valence electrons. The van der Waals surface area contributed by atoms with E-state index in [1.54, 1.807) is 17.4 Å². The first-order chi connectivity index (χ1) is 13.6. The number of anilines is 2. The molecule has 0 unspecified atom stereocenters. The number of halogens is 1. The zero-order valence-corrected chi connectivity index (χ0v) is 16.2. The molecule has 2 aromatic carbocycles. The molecular weight excluding hydrogens is 377 g/mol. The van der Waals surface area contributed by atoms with Crippen molar-refractivity contribution in [2.45, 2.75) is 25.9 Å². The molecule has 0 spiro atoms. The van der Waals surface area contributed by atoms with E-state index in [1.807, 2.05) is 37.3 Å². The largest absolute Gasteiger partial charge is 0.489 e. The predicted molar refractivity (Wildman–Crippen MR) is 109 cm³/mol. The Morgan fingerprint density at radius 3 is 2.86 bits per heavy atom. The number of benzene rings is 2. The van der Waals surface area contributed by atoms with Gasteiger partial charge in [-0.1, -0.05) is 35.6 Å². The zero-order chi connectivity index (χ0) is 19.5. The van der Waals surface area contributed by atoms with E-state index in [4.69, 9.17) is 4.74 Å². The van der Waals surface area contributed by atoms with Crippen LogP contribution in [-0.4, -0.2) is 17.4 Å². The molecule has 1 aliphatic rings. The summed E-state index contributed by atoms with van der Waals surface area (Å²) < 4.78 is 19.0. The van der Waals surface area contributed by atoms with Gasteiger partial charge >= 0.3 is 0 Å². The first-order valence-corrected chi connectivity index (χ1v) is 9.95. The van der Waals surface area contributed by atoms with Crippen molar-refractivity contribution in [3.63, 3.8) is 0 Å². The minimum atomic E-state index is -0.274. The van der Waals surface area contributed by atoms with Crippen molar-refractivity contribution in [1.82, 2.24) is 4.98 Å². The second-order valence-electron chi connectivity index (χ2n) is 6.55. The summed E-state index contributed by atoms with van der Waals surface area (Å²) >= 11 is 1.57. The lowest BCUT2D eigenvalue weighted by atomic mass is 9.91. The SMILES string of the molecule is CCNc1nc2c(s1)[C@H](c1ccc(OCc3cccc(F)c3)cc1)CC(=O)N2. The third-order valence-electron chi connectivity index (χ3n) is 4.52. The van der Waals surface area contributed by atoms with Gasteiger partial charge in [-0.15, -0.1) is 0 Å². The molecule has 0 fully saturated rings. The van der Waals surface area contributed by atoms with E-state index in [9.17, 15) is 9.18 Å². The fraction of sp³-hybridized carbons (Fsp3) is 0.238. The normalized spacial score (nSPS) is 15.6. The third-order valence-corrected chi connectivity index (χ3v) is 5.65. The van der Waals surface area contributed by atoms with E-state index < -0.39 is 0 Å². The van der Waals surface area contributed by atoms with Gasteiger partial charge in [-0.25, -0.2) is 9.37 Å². The molecule has 7 heteroatoms. The molecule has 1 aliphatic heterocycles. The Hall–Kier alpha value is -2.93. The van der Waals surface area contributed by atoms with Gasteiger partial charge in [-0.3, -0.25) is 4.79 Å². The fourth-order valence-electron chi connectivity index (χ4n) is 3.20. The molecule has 0 saturated heterocycles. The minimum Gasteiger partial charge on any atom is -0.489 e. The van der Waals surface area contributed by atoms with Gasteiger partial charge in [0, 0.05) is 18.9 Å². The van der Waals surface area contributed by atoms with Gasteiger partial charge in [-0.05, 0) is 42.3 Å². The Morgan fingerprint density at radius 1 is 1.29 bits per heavy atom. The second kappa shape index (κ2) is 7.98. The smallest absolute Gasteiger partial charge is 0.226 e. The van der Waals surface area contributed by atoms with E-state index in [-0.39, 0.29) is 17.6 Å². The van der Waals surface area contributed by atoms with Crippen LogP contribution < -0.4 is 15.4 Å². The highest BCUT2D eigenvalue weighted by Crippen LogP contribution is 2.42. The lowest BCUT2D eigenvalue weighted by Crippen LogP contribution is -2.22. The predicted octanol–water partition coefficient (Wildman–Crippen LogP) is 4.77. The molecule has 0 bridgehead atoms. The summed E-state index contributed by atoms with van der Waals surface area (Å²) in [5.74, 6) is 1.02. The maximum Gasteiger partial charge on any atom is 0.226 e. The molecule has 1 atom stereocenters. The monoisotopic (exact) mass is 397 g/mol. The number of hydrogen-bond donors (Lipinski definition) is 2. The van der Waals surface area contributed by atoms with Crippen LogP contribution in [0.25, 0.3) is 0 Å². The Kier molecular flexibility index (Phi) is 5.25. The van der Waals surface area contributed by atoms with Gasteiger partial charge in [0.25, 0.3) is 0 Å². The number of hydrogen-bond acceptors (Lipinski definition) is 5. The van der Waals surface area contributed by atoms with Crippen LogP contribution >= 0.6 is 11.3 Å². The number of aromatic nitrogens is 1. The van der Waals surface area contributed by atoms with Crippen molar-refractivity contribution < 1.29 is 13.9 Å². The van der Waals surface area contributed by atoms with Gasteiger partial charge in [0.2, 0.25) is 5.91 Å². The molecule has 2 heterocycles. The molecule has 3 aromatic rings. The van der Waals surface area contributed by atoms with Crippen molar-refractivity contribution in [2.75, 3.05) is 17.2 Å². The highest BCUT2D eigenvalue weighted by atomic mass is 32.1. The lowest BCUT2D eigenvalue weighted by Gasteiger charge is -2.21. The fourth-order valence-corrected chi connectivity index (χ4v) is 4.32. The van der Waals surface area contributed by atoms with Gasteiger partial charge in [0.1, 0.15) is 24.0 Å². The van der Waals surface area contributed by atoms with E-state index in [0.717, 1.165) is 27.7 Å². The zero-order valence-electron chi connectivity index (χ0n) is 15.4. The summed E-state index contributed by atoms with van der Waals surface area (Å²) in [6.07, 6.45) is 0.393. The van der Waals surface area contributed by atoms with Crippen LogP contribution in [0.4, 0.5) is 15.3 Å². The topological polar surface area (TPSA) is 63.3 Å². The van der Waals surface area contributed by atoms with E-state index in [2.05, 4.69) is 15.6 Å². The van der Waals surface area contributed by atoms with Crippen LogP contribution in [0.1, 0.15) is 35.3 Å². The first-order valence-electron chi connectivity index (χ1n) is 9.14. The number of carbonyl (C=O) groups excluding carboxylic acids is 1. The Bertz CT molecular complexity index is 988. The maximum atomic E-state index is 13.3. The summed E-state index contributed by atoms with van der Waals surface area (Å²) in [4.78, 5) is 17.6. The molecule has 28 heavy (non-hydrogen) atoms. The molecule has 4 rings (SSSR count). The van der Waals surface area contributed by atoms with Crippen LogP contribution in [0.5, 0.6) is 5.75 Å². The van der Waals surface area contributed by atoms with Crippen LogP contribution in [0.3, 0.4) is 0 Å². The van der Waals surface area contributed by atoms with Crippen LogP contribution in [0, 0.1) is 5.82 Å². The van der Waals surface area contributed by atoms with Gasteiger partial charge in [-0.2, -0.15) is 0 Å². The molecule has 0 aliphatic carbocycles. The van der Waals surface area contributed by atoms with Crippen molar-refractivity contribution in [3.05, 3.63) is 70.4 Å². The highest BCUT2D eigenvalue weighted by molar-refractivity contribution is 7.16. The number of thiazole rings is 1. The van der Waals surface area contributed by atoms with Crippen molar-refractivity contribution >= 4 is 28.2 Å². The number of fused-ring (bicyclic) bond motifs is 1. The average Bonchev–Trinajstić information content (AvgIpc) is 3.09. The number of carbonyl (C=O) groups is 1. The number of ether oxygens (including phenoxy) is 1. The molecule has 2 N–H and O–H groups in total. The number of amides is 1. The second-order valence-corrected chi connectivity index (χ2v) is 7.59. The number of nitrogens with zero attached hydrogens (tertiary/aromatic N) is 1. The van der Waals surface area contributed by atoms with Crippen LogP contribution in [0.2, 0.25) is 0 Å². The molecule has 1 amide bonds. The van der Waals surface area contributed by atoms with Gasteiger partial charge < -0.3 is 15.4 Å². The molecule has 0 saturated carbocycles. The summed E-state index contributed by atoms with van der Waals surface area (Å²) in [5.41, 5.74) is 1.82. The van der Waals surface area contributed by atoms with Gasteiger partial charge in [0.05, 0.1) is 4.88 Å². The molecule has 5 nitrogen and oxygen atoms in total. The van der Waals surface area contributed by atoms with Gasteiger partial charge in [0.15, 0.2) is 5.13 Å². The Labute approximate surface area is 166 Å². The molecular formula is C21H20FN3O2S. The van der Waals surface area contributed by atoms with Crippen LogP contribution in [0.15, 0.2) is 48.5 Å². The number of nitrogens with one attached hydrogen (secondary N) is 2. The van der Waals surface area contributed by atoms with Crippen LogP contribution in [-0.2, 0) is 11.4 Å². The van der Waals surface area contributed by atoms with E-state index in [1.165, 1.54) is 12.1 Å². The van der Waals surface area contributed by atoms with E-state index in [0.29, 0.717) is 24.6 Å². The highest BCUT2D eigenvalue weighted by Gasteiger charge is 2.30. The Balaban J connectivity index is 1.50. The minimum absolute atomic E-state index is 0.0223. The maximum absolute atomic E-state index is 13.3. The lowest BCUT2D eigenvalue weighted by molar-refractivity contribution is -0.116. The molecule has 1 aromatic heterocycles. The average molecular weight is 397 g/mol.